The molecule has 0 saturated carbocycles. The molecule has 2 N–H and O–H groups in total. The molecule has 2 aromatic carbocycles. The molecule has 2 aliphatic heterocycles. The van der Waals surface area contributed by atoms with E-state index in [0.717, 1.165) is 38.0 Å². The molecule has 0 radical (unpaired) electrons. The zero-order valence-electron chi connectivity index (χ0n) is 19.4. The molecule has 0 aliphatic carbocycles. The summed E-state index contributed by atoms with van der Waals surface area (Å²) in [5.74, 6) is -1.17. The molecule has 1 fully saturated rings. The van der Waals surface area contributed by atoms with Crippen molar-refractivity contribution < 1.29 is 14.3 Å². The monoisotopic (exact) mass is 450 g/mol. The third-order valence-corrected chi connectivity index (χ3v) is 6.53. The first kappa shape index (κ1) is 23.3. The maximum atomic E-state index is 12.5. The summed E-state index contributed by atoms with van der Waals surface area (Å²) >= 11 is 0. The fourth-order valence-corrected chi connectivity index (χ4v) is 4.67. The molecule has 0 aromatic heterocycles. The molecule has 176 valence electrons. The van der Waals surface area contributed by atoms with E-state index in [1.807, 2.05) is 30.3 Å². The SMILES string of the molecule is CN1CCCc2cc(C(CNC(=O)C(=O)NCCc3ccccc3)N3CCOCC3)ccc21. The van der Waals surface area contributed by atoms with Gasteiger partial charge in [-0.2, -0.15) is 0 Å². The maximum absolute atomic E-state index is 12.5. The summed E-state index contributed by atoms with van der Waals surface area (Å²) in [5.41, 5.74) is 4.94. The second kappa shape index (κ2) is 11.3. The van der Waals surface area contributed by atoms with Crippen molar-refractivity contribution in [3.05, 3.63) is 65.2 Å². The fourth-order valence-electron chi connectivity index (χ4n) is 4.67. The summed E-state index contributed by atoms with van der Waals surface area (Å²) in [6.07, 6.45) is 2.91. The fraction of sp³-hybridized carbons (Fsp3) is 0.462. The molecule has 2 aromatic rings. The number of nitrogens with zero attached hydrogens (tertiary/aromatic N) is 2. The molecule has 2 heterocycles. The highest BCUT2D eigenvalue weighted by atomic mass is 16.5. The second-order valence-corrected chi connectivity index (χ2v) is 8.78. The van der Waals surface area contributed by atoms with Gasteiger partial charge in [0.1, 0.15) is 0 Å². The van der Waals surface area contributed by atoms with Gasteiger partial charge in [0.15, 0.2) is 0 Å². The van der Waals surface area contributed by atoms with Gasteiger partial charge < -0.3 is 20.3 Å². The molecular weight excluding hydrogens is 416 g/mol. The Morgan fingerprint density at radius 2 is 1.76 bits per heavy atom. The number of aryl methyl sites for hydroxylation is 1. The molecule has 0 spiro atoms. The number of nitrogens with one attached hydrogen (secondary N) is 2. The van der Waals surface area contributed by atoms with Crippen molar-refractivity contribution in [1.82, 2.24) is 15.5 Å². The molecule has 1 unspecified atom stereocenters. The minimum atomic E-state index is -0.585. The minimum absolute atomic E-state index is 0.00695. The zero-order valence-corrected chi connectivity index (χ0v) is 19.4. The Balaban J connectivity index is 1.37. The number of rotatable bonds is 7. The van der Waals surface area contributed by atoms with E-state index in [2.05, 4.69) is 45.7 Å². The first-order valence-electron chi connectivity index (χ1n) is 11.9. The highest BCUT2D eigenvalue weighted by Crippen LogP contribution is 2.30. The van der Waals surface area contributed by atoms with E-state index in [9.17, 15) is 9.59 Å². The van der Waals surface area contributed by atoms with Gasteiger partial charge in [0, 0.05) is 45.5 Å². The van der Waals surface area contributed by atoms with Crippen LogP contribution in [0.1, 0.15) is 29.2 Å². The normalized spacial score (nSPS) is 17.2. The molecule has 1 saturated heterocycles. The Bertz CT molecular complexity index is 944. The number of amides is 2. The van der Waals surface area contributed by atoms with Crippen LogP contribution in [0.2, 0.25) is 0 Å². The van der Waals surface area contributed by atoms with E-state index in [1.165, 1.54) is 16.8 Å². The Morgan fingerprint density at radius 3 is 2.55 bits per heavy atom. The molecule has 7 nitrogen and oxygen atoms in total. The molecular formula is C26H34N4O3. The summed E-state index contributed by atoms with van der Waals surface area (Å²) in [7, 11) is 2.13. The number of morpholine rings is 1. The molecule has 1 atom stereocenters. The van der Waals surface area contributed by atoms with Gasteiger partial charge in [0.2, 0.25) is 0 Å². The standard InChI is InChI=1S/C26H34N4O3/c1-29-13-5-8-21-18-22(9-10-23(21)29)24(30-14-16-33-17-15-30)19-28-26(32)25(31)27-12-11-20-6-3-2-4-7-20/h2-4,6-7,9-10,18,24H,5,8,11-17,19H2,1H3,(H,27,31)(H,28,32). The summed E-state index contributed by atoms with van der Waals surface area (Å²) in [5, 5.41) is 5.60. The lowest BCUT2D eigenvalue weighted by molar-refractivity contribution is -0.139. The largest absolute Gasteiger partial charge is 0.379 e. The zero-order chi connectivity index (χ0) is 23.0. The number of carbonyl (C=O) groups is 2. The first-order chi connectivity index (χ1) is 16.1. The topological polar surface area (TPSA) is 73.9 Å². The van der Waals surface area contributed by atoms with Crippen molar-refractivity contribution in [3.8, 4) is 0 Å². The summed E-state index contributed by atoms with van der Waals surface area (Å²) in [4.78, 5) is 29.5. The van der Waals surface area contributed by atoms with Crippen molar-refractivity contribution in [2.24, 2.45) is 0 Å². The van der Waals surface area contributed by atoms with E-state index in [4.69, 9.17) is 4.74 Å². The highest BCUT2D eigenvalue weighted by molar-refractivity contribution is 6.35. The Hall–Kier alpha value is -2.90. The molecule has 33 heavy (non-hydrogen) atoms. The lowest BCUT2D eigenvalue weighted by Crippen LogP contribution is -2.47. The van der Waals surface area contributed by atoms with Crippen LogP contribution < -0.4 is 15.5 Å². The van der Waals surface area contributed by atoms with Crippen LogP contribution in [-0.2, 0) is 27.2 Å². The maximum Gasteiger partial charge on any atom is 0.309 e. The van der Waals surface area contributed by atoms with Gasteiger partial charge in [-0.15, -0.1) is 0 Å². The lowest BCUT2D eigenvalue weighted by Gasteiger charge is -2.36. The van der Waals surface area contributed by atoms with Crippen LogP contribution in [0.15, 0.2) is 48.5 Å². The van der Waals surface area contributed by atoms with Gasteiger partial charge in [-0.05, 0) is 42.0 Å². The van der Waals surface area contributed by atoms with Gasteiger partial charge >= 0.3 is 11.8 Å². The number of carbonyl (C=O) groups excluding carboxylic acids is 2. The van der Waals surface area contributed by atoms with Gasteiger partial charge in [0.05, 0.1) is 19.3 Å². The average Bonchev–Trinajstić information content (AvgIpc) is 2.85. The van der Waals surface area contributed by atoms with Crippen LogP contribution in [0.5, 0.6) is 0 Å². The third kappa shape index (κ3) is 6.12. The summed E-state index contributed by atoms with van der Waals surface area (Å²) < 4.78 is 5.54. The van der Waals surface area contributed by atoms with E-state index in [-0.39, 0.29) is 6.04 Å². The smallest absolute Gasteiger partial charge is 0.309 e. The van der Waals surface area contributed by atoms with E-state index in [1.54, 1.807) is 0 Å². The van der Waals surface area contributed by atoms with Crippen molar-refractivity contribution in [3.63, 3.8) is 0 Å². The van der Waals surface area contributed by atoms with Gasteiger partial charge in [-0.3, -0.25) is 14.5 Å². The molecule has 7 heteroatoms. The number of anilines is 1. The van der Waals surface area contributed by atoms with Gasteiger partial charge in [-0.25, -0.2) is 0 Å². The Labute approximate surface area is 196 Å². The molecule has 2 aliphatic rings. The van der Waals surface area contributed by atoms with Gasteiger partial charge in [0.25, 0.3) is 0 Å². The number of hydrogen-bond acceptors (Lipinski definition) is 5. The van der Waals surface area contributed by atoms with Crippen LogP contribution >= 0.6 is 0 Å². The van der Waals surface area contributed by atoms with Crippen LogP contribution in [0, 0.1) is 0 Å². The average molecular weight is 451 g/mol. The number of ether oxygens (including phenoxy) is 1. The van der Waals surface area contributed by atoms with Crippen LogP contribution in [0.25, 0.3) is 0 Å². The van der Waals surface area contributed by atoms with Crippen LogP contribution in [-0.4, -0.2) is 69.7 Å². The van der Waals surface area contributed by atoms with Crippen molar-refractivity contribution >= 4 is 17.5 Å². The van der Waals surface area contributed by atoms with Crippen molar-refractivity contribution in [2.75, 3.05) is 57.9 Å². The highest BCUT2D eigenvalue weighted by Gasteiger charge is 2.26. The third-order valence-electron chi connectivity index (χ3n) is 6.53. The minimum Gasteiger partial charge on any atom is -0.379 e. The predicted octanol–water partition coefficient (Wildman–Crippen LogP) is 1.92. The van der Waals surface area contributed by atoms with Crippen molar-refractivity contribution in [1.29, 1.82) is 0 Å². The lowest BCUT2D eigenvalue weighted by atomic mass is 9.95. The molecule has 2 amide bonds. The van der Waals surface area contributed by atoms with Crippen molar-refractivity contribution in [2.45, 2.75) is 25.3 Å². The number of benzene rings is 2. The van der Waals surface area contributed by atoms with E-state index in [0.29, 0.717) is 32.7 Å². The predicted molar refractivity (Wildman–Crippen MR) is 129 cm³/mol. The van der Waals surface area contributed by atoms with Crippen LogP contribution in [0.3, 0.4) is 0 Å². The van der Waals surface area contributed by atoms with E-state index >= 15 is 0 Å². The quantitative estimate of drug-likeness (QED) is 0.631. The van der Waals surface area contributed by atoms with Crippen LogP contribution in [0.4, 0.5) is 5.69 Å². The Kier molecular flexibility index (Phi) is 7.96. The molecule has 4 rings (SSSR count). The number of hydrogen-bond donors (Lipinski definition) is 2. The Morgan fingerprint density at radius 1 is 1.00 bits per heavy atom. The van der Waals surface area contributed by atoms with E-state index < -0.39 is 11.8 Å². The summed E-state index contributed by atoms with van der Waals surface area (Å²) in [6, 6.07) is 16.5. The first-order valence-corrected chi connectivity index (χ1v) is 11.9. The summed E-state index contributed by atoms with van der Waals surface area (Å²) in [6.45, 7) is 4.87. The van der Waals surface area contributed by atoms with Gasteiger partial charge in [-0.1, -0.05) is 42.5 Å². The number of fused-ring (bicyclic) bond motifs is 1. The molecule has 0 bridgehead atoms. The second-order valence-electron chi connectivity index (χ2n) is 8.78.